The van der Waals surface area contributed by atoms with Crippen LogP contribution in [0.5, 0.6) is 11.5 Å². The van der Waals surface area contributed by atoms with Gasteiger partial charge in [0.15, 0.2) is 17.3 Å². The number of rotatable bonds is 4. The van der Waals surface area contributed by atoms with Gasteiger partial charge in [0.2, 0.25) is 5.91 Å². The lowest BCUT2D eigenvalue weighted by molar-refractivity contribution is -0.137. The Morgan fingerprint density at radius 2 is 1.83 bits per heavy atom. The number of ether oxygens (including phenoxy) is 2. The largest absolute Gasteiger partial charge is 0.493 e. The first kappa shape index (κ1) is 19.4. The second-order valence-corrected chi connectivity index (χ2v) is 7.55. The summed E-state index contributed by atoms with van der Waals surface area (Å²) in [5, 5.41) is 0. The molecule has 4 rings (SSSR count). The molecule has 2 amide bonds. The van der Waals surface area contributed by atoms with E-state index in [-0.39, 0.29) is 17.7 Å². The average Bonchev–Trinajstić information content (AvgIpc) is 3.31. The van der Waals surface area contributed by atoms with Gasteiger partial charge < -0.3 is 23.7 Å². The monoisotopic (exact) mass is 398 g/mol. The van der Waals surface area contributed by atoms with Crippen LogP contribution >= 0.6 is 0 Å². The summed E-state index contributed by atoms with van der Waals surface area (Å²) in [5.41, 5.74) is 2.27. The lowest BCUT2D eigenvalue weighted by Gasteiger charge is -2.36. The fraction of sp³-hybridized carbons (Fsp3) is 0.455. The fourth-order valence-corrected chi connectivity index (χ4v) is 4.25. The smallest absolute Gasteiger partial charge is 0.289 e. The zero-order valence-corrected chi connectivity index (χ0v) is 16.8. The Hall–Kier alpha value is -2.96. The van der Waals surface area contributed by atoms with E-state index in [2.05, 4.69) is 0 Å². The summed E-state index contributed by atoms with van der Waals surface area (Å²) in [6.45, 7) is 2.32. The average molecular weight is 398 g/mol. The van der Waals surface area contributed by atoms with E-state index in [0.717, 1.165) is 24.8 Å². The van der Waals surface area contributed by atoms with Crippen LogP contribution in [0.2, 0.25) is 0 Å². The van der Waals surface area contributed by atoms with E-state index >= 15 is 0 Å². The molecule has 2 aromatic rings. The van der Waals surface area contributed by atoms with Gasteiger partial charge in [-0.2, -0.15) is 0 Å². The van der Waals surface area contributed by atoms with Crippen LogP contribution < -0.4 is 9.47 Å². The van der Waals surface area contributed by atoms with Crippen molar-refractivity contribution in [1.29, 1.82) is 0 Å². The summed E-state index contributed by atoms with van der Waals surface area (Å²) < 4.78 is 16.0. The predicted molar refractivity (Wildman–Crippen MR) is 106 cm³/mol. The Morgan fingerprint density at radius 1 is 1.07 bits per heavy atom. The van der Waals surface area contributed by atoms with Crippen LogP contribution in [-0.4, -0.2) is 55.5 Å². The van der Waals surface area contributed by atoms with E-state index in [9.17, 15) is 9.59 Å². The molecule has 1 fully saturated rings. The van der Waals surface area contributed by atoms with Crippen LogP contribution in [0.15, 0.2) is 34.9 Å². The highest BCUT2D eigenvalue weighted by Crippen LogP contribution is 2.34. The zero-order valence-electron chi connectivity index (χ0n) is 16.8. The highest BCUT2D eigenvalue weighted by Gasteiger charge is 2.33. The van der Waals surface area contributed by atoms with Crippen LogP contribution in [0.3, 0.4) is 0 Å². The molecule has 2 aliphatic heterocycles. The normalized spacial score (nSPS) is 18.9. The van der Waals surface area contributed by atoms with E-state index in [1.165, 1.54) is 11.8 Å². The number of piperidine rings is 1. The summed E-state index contributed by atoms with van der Waals surface area (Å²) >= 11 is 0. The molecule has 154 valence electrons. The zero-order chi connectivity index (χ0) is 20.4. The second kappa shape index (κ2) is 8.19. The molecular formula is C22H26N2O5. The van der Waals surface area contributed by atoms with Crippen molar-refractivity contribution in [2.75, 3.05) is 33.9 Å². The van der Waals surface area contributed by atoms with Crippen molar-refractivity contribution < 1.29 is 23.5 Å². The molecule has 0 saturated carbocycles. The number of carbonyl (C=O) groups excluding carboxylic acids is 2. The minimum Gasteiger partial charge on any atom is -0.493 e. The van der Waals surface area contributed by atoms with Crippen LogP contribution in [0.25, 0.3) is 0 Å². The van der Waals surface area contributed by atoms with Crippen molar-refractivity contribution >= 4 is 11.8 Å². The molecule has 7 heteroatoms. The van der Waals surface area contributed by atoms with Gasteiger partial charge in [-0.15, -0.1) is 0 Å². The number of nitrogens with zero attached hydrogens (tertiary/aromatic N) is 2. The van der Waals surface area contributed by atoms with Gasteiger partial charge in [0.05, 0.1) is 26.4 Å². The van der Waals surface area contributed by atoms with Gasteiger partial charge in [0.1, 0.15) is 0 Å². The molecule has 3 heterocycles. The van der Waals surface area contributed by atoms with Gasteiger partial charge >= 0.3 is 0 Å². The molecule has 0 aliphatic carbocycles. The summed E-state index contributed by atoms with van der Waals surface area (Å²) in [6.07, 6.45) is 3.89. The molecule has 1 unspecified atom stereocenters. The summed E-state index contributed by atoms with van der Waals surface area (Å²) in [4.78, 5) is 29.4. The van der Waals surface area contributed by atoms with Crippen LogP contribution in [-0.2, 0) is 17.8 Å². The number of carbonyl (C=O) groups is 2. The third kappa shape index (κ3) is 3.81. The van der Waals surface area contributed by atoms with Gasteiger partial charge in [0.25, 0.3) is 5.91 Å². The molecule has 1 atom stereocenters. The number of furan rings is 1. The first-order valence-corrected chi connectivity index (χ1v) is 9.96. The number of fused-ring (bicyclic) bond motifs is 1. The maximum atomic E-state index is 13.2. The number of hydrogen-bond acceptors (Lipinski definition) is 5. The molecule has 0 radical (unpaired) electrons. The van der Waals surface area contributed by atoms with E-state index in [0.29, 0.717) is 43.4 Å². The van der Waals surface area contributed by atoms with Crippen LogP contribution in [0.4, 0.5) is 0 Å². The van der Waals surface area contributed by atoms with Crippen molar-refractivity contribution in [2.45, 2.75) is 25.8 Å². The van der Waals surface area contributed by atoms with Crippen molar-refractivity contribution in [2.24, 2.45) is 5.92 Å². The SMILES string of the molecule is COc1cc2c(cc1OC)CN(C(=O)C1CCCN(C(=O)c3ccco3)C1)CC2. The van der Waals surface area contributed by atoms with Gasteiger partial charge in [-0.3, -0.25) is 9.59 Å². The molecule has 29 heavy (non-hydrogen) atoms. The Balaban J connectivity index is 1.45. The van der Waals surface area contributed by atoms with Crippen molar-refractivity contribution in [1.82, 2.24) is 9.80 Å². The Labute approximate surface area is 170 Å². The van der Waals surface area contributed by atoms with Crippen molar-refractivity contribution in [3.8, 4) is 11.5 Å². The van der Waals surface area contributed by atoms with E-state index in [1.54, 1.807) is 31.3 Å². The van der Waals surface area contributed by atoms with E-state index in [4.69, 9.17) is 13.9 Å². The maximum absolute atomic E-state index is 13.2. The topological polar surface area (TPSA) is 72.2 Å². The lowest BCUT2D eigenvalue weighted by atomic mass is 9.93. The van der Waals surface area contributed by atoms with Gasteiger partial charge in [-0.25, -0.2) is 0 Å². The molecule has 0 spiro atoms. The number of amides is 2. The molecule has 1 aromatic carbocycles. The second-order valence-electron chi connectivity index (χ2n) is 7.55. The maximum Gasteiger partial charge on any atom is 0.289 e. The standard InChI is InChI=1S/C22H26N2O5/c1-27-19-11-15-7-9-24(14-17(15)12-20(19)28-2)21(25)16-5-3-8-23(13-16)22(26)18-6-4-10-29-18/h4,6,10-12,16H,3,5,7-9,13-14H2,1-2H3. The highest BCUT2D eigenvalue weighted by molar-refractivity contribution is 5.92. The number of methoxy groups -OCH3 is 2. The number of benzene rings is 1. The van der Waals surface area contributed by atoms with Gasteiger partial charge in [0, 0.05) is 26.2 Å². The first-order chi connectivity index (χ1) is 14.1. The van der Waals surface area contributed by atoms with Gasteiger partial charge in [-0.1, -0.05) is 0 Å². The molecule has 0 bridgehead atoms. The lowest BCUT2D eigenvalue weighted by Crippen LogP contribution is -2.47. The Morgan fingerprint density at radius 3 is 2.52 bits per heavy atom. The van der Waals surface area contributed by atoms with Crippen LogP contribution in [0.1, 0.15) is 34.5 Å². The number of hydrogen-bond donors (Lipinski definition) is 0. The quantitative estimate of drug-likeness (QED) is 0.792. The van der Waals surface area contributed by atoms with Crippen LogP contribution in [0, 0.1) is 5.92 Å². The van der Waals surface area contributed by atoms with Crippen molar-refractivity contribution in [3.05, 3.63) is 47.4 Å². The highest BCUT2D eigenvalue weighted by atomic mass is 16.5. The molecule has 0 N–H and O–H groups in total. The Bertz CT molecular complexity index is 893. The van der Waals surface area contributed by atoms with Crippen molar-refractivity contribution in [3.63, 3.8) is 0 Å². The first-order valence-electron chi connectivity index (χ1n) is 9.96. The summed E-state index contributed by atoms with van der Waals surface area (Å²) in [7, 11) is 3.24. The minimum absolute atomic E-state index is 0.113. The summed E-state index contributed by atoms with van der Waals surface area (Å²) in [6, 6.07) is 7.33. The van der Waals surface area contributed by atoms with E-state index in [1.807, 2.05) is 17.0 Å². The summed E-state index contributed by atoms with van der Waals surface area (Å²) in [5.74, 6) is 1.50. The Kier molecular flexibility index (Phi) is 5.47. The molecule has 2 aliphatic rings. The third-order valence-electron chi connectivity index (χ3n) is 5.82. The van der Waals surface area contributed by atoms with E-state index < -0.39 is 0 Å². The molecule has 1 saturated heterocycles. The predicted octanol–water partition coefficient (Wildman–Crippen LogP) is 2.73. The number of likely N-dealkylation sites (tertiary alicyclic amines) is 1. The third-order valence-corrected chi connectivity index (χ3v) is 5.82. The van der Waals surface area contributed by atoms with Gasteiger partial charge in [-0.05, 0) is 54.7 Å². The minimum atomic E-state index is -0.177. The molecule has 7 nitrogen and oxygen atoms in total. The fourth-order valence-electron chi connectivity index (χ4n) is 4.25. The molecular weight excluding hydrogens is 372 g/mol. The molecule has 1 aromatic heterocycles.